The molecule has 14 rings (SSSR count). The Balaban J connectivity index is 0.000000133. The number of hydrogen-bond donors (Lipinski definition) is 3. The van der Waals surface area contributed by atoms with Crippen LogP contribution in [0.2, 0.25) is 15.5 Å². The number of nitrogens with one attached hydrogen (secondary N) is 2. The Labute approximate surface area is 567 Å². The monoisotopic (exact) mass is 1340 g/mol. The number of aliphatic hydroxyl groups is 1. The van der Waals surface area contributed by atoms with Crippen LogP contribution in [0, 0.1) is 5.82 Å². The zero-order chi connectivity index (χ0) is 66.4. The van der Waals surface area contributed by atoms with E-state index in [9.17, 15) is 9.18 Å². The number of amides is 1. The van der Waals surface area contributed by atoms with E-state index in [0.29, 0.717) is 51.4 Å². The Morgan fingerprint density at radius 1 is 0.558 bits per heavy atom. The van der Waals surface area contributed by atoms with E-state index < -0.39 is 11.4 Å². The molecule has 490 valence electrons. The molecule has 4 aliphatic rings. The minimum absolute atomic E-state index is 0.160. The zero-order valence-corrected chi connectivity index (χ0v) is 56.3. The molecule has 0 unspecified atom stereocenters. The van der Waals surface area contributed by atoms with E-state index in [1.807, 2.05) is 81.4 Å². The number of carbonyl (C=O) groups is 1. The number of ether oxygens (including phenoxy) is 1. The molecule has 3 N–H and O–H groups in total. The van der Waals surface area contributed by atoms with Crippen molar-refractivity contribution < 1.29 is 19.0 Å². The van der Waals surface area contributed by atoms with Gasteiger partial charge in [-0.05, 0) is 190 Å². The van der Waals surface area contributed by atoms with Crippen molar-refractivity contribution in [1.82, 2.24) is 69.7 Å². The van der Waals surface area contributed by atoms with E-state index in [2.05, 4.69) is 98.8 Å². The molecule has 22 heteroatoms. The minimum atomic E-state index is -0.460. The van der Waals surface area contributed by atoms with Crippen molar-refractivity contribution in [2.24, 2.45) is 0 Å². The van der Waals surface area contributed by atoms with Crippen molar-refractivity contribution in [3.8, 4) is 5.69 Å². The van der Waals surface area contributed by atoms with Crippen LogP contribution in [0.15, 0.2) is 150 Å². The lowest BCUT2D eigenvalue weighted by molar-refractivity contribution is 0.0236. The van der Waals surface area contributed by atoms with Gasteiger partial charge >= 0.3 is 6.09 Å². The summed E-state index contributed by atoms with van der Waals surface area (Å²) in [4.78, 5) is 53.8. The van der Waals surface area contributed by atoms with Crippen LogP contribution in [0.5, 0.6) is 0 Å². The van der Waals surface area contributed by atoms with E-state index in [4.69, 9.17) is 49.6 Å². The summed E-state index contributed by atoms with van der Waals surface area (Å²) in [6, 6.07) is 29.9. The third-order valence-corrected chi connectivity index (χ3v) is 17.2. The first-order chi connectivity index (χ1) is 45.9. The standard InChI is InChI=1S/C25H25FN6O.C19H22ClN3O2.C15H16ClN3.C14H14ClN3/c1-31-9-6-17(7-10-31)12-19-3-2-18-15-27-25(14-24(18)28-19)29-23-5-4-21(13-22(23)26)32-11-8-20(16-33)30-32;1-19(2,3)25-18(24)23-8-6-13(7-9-23)10-15-5-4-14-12-21-17(20)11-16(14)22-15;1-19-6-4-11(5-7-19)8-13-3-2-12-10-17-15(16)9-14(12)18-13;15-14-8-13-11(9-17-14)1-2-12(18-13)7-10-3-5-16-6-4-10/h2-5,8,11-15,33H,6-7,9-10,16H2,1H3,(H,27,29);4-5,10-12H,6-9H2,1-3H3;2-3,8-10H,4-7H2,1H3;1-2,7-9,16H,3-6H2. The molecule has 0 aliphatic carbocycles. The summed E-state index contributed by atoms with van der Waals surface area (Å²) in [5.41, 5.74) is 13.9. The Bertz CT molecular complexity index is 4480. The number of aliphatic hydroxyl groups excluding tert-OH is 1. The molecule has 9 aromatic heterocycles. The van der Waals surface area contributed by atoms with Crippen molar-refractivity contribution in [2.45, 2.75) is 84.3 Å². The second-order valence-electron chi connectivity index (χ2n) is 25.0. The number of likely N-dealkylation sites (tertiary alicyclic amines) is 3. The zero-order valence-electron chi connectivity index (χ0n) is 54.0. The van der Waals surface area contributed by atoms with Crippen molar-refractivity contribution in [3.05, 3.63) is 200 Å². The summed E-state index contributed by atoms with van der Waals surface area (Å²) < 4.78 is 21.7. The van der Waals surface area contributed by atoms with Gasteiger partial charge in [-0.25, -0.2) is 53.7 Å². The molecule has 1 amide bonds. The number of rotatable bonds is 8. The number of halogens is 4. The summed E-state index contributed by atoms with van der Waals surface area (Å²) >= 11 is 17.7. The van der Waals surface area contributed by atoms with Gasteiger partial charge in [0.05, 0.1) is 68.5 Å². The SMILES string of the molecule is CC(C)(C)OC(=O)N1CCC(=Cc2ccc3cnc(Cl)cc3n2)CC1.CN1CCC(=Cc2ccc3cnc(Cl)cc3n2)CC1.CN1CCC(=Cc2ccc3cnc(Nc4ccc(-n5ccc(CO)n5)cc4F)cc3n2)CC1.Clc1cc2nc(C=C3CCNCC3)ccc2cn1. The molecule has 18 nitrogen and oxygen atoms in total. The van der Waals surface area contributed by atoms with Crippen molar-refractivity contribution in [1.29, 1.82) is 0 Å². The molecule has 4 saturated heterocycles. The Hall–Kier alpha value is -8.66. The predicted molar refractivity (Wildman–Crippen MR) is 380 cm³/mol. The lowest BCUT2D eigenvalue weighted by atomic mass is 10.0. The number of anilines is 2. The fourth-order valence-electron chi connectivity index (χ4n) is 11.2. The maximum absolute atomic E-state index is 14.8. The van der Waals surface area contributed by atoms with Gasteiger partial charge in [0, 0.05) is 122 Å². The first-order valence-electron chi connectivity index (χ1n) is 32.0. The van der Waals surface area contributed by atoms with Crippen LogP contribution < -0.4 is 10.6 Å². The summed E-state index contributed by atoms with van der Waals surface area (Å²) in [5, 5.41) is 25.1. The first-order valence-corrected chi connectivity index (χ1v) is 33.1. The third-order valence-electron chi connectivity index (χ3n) is 16.5. The third kappa shape index (κ3) is 19.5. The lowest BCUT2D eigenvalue weighted by Gasteiger charge is -2.31. The van der Waals surface area contributed by atoms with Crippen LogP contribution >= 0.6 is 34.8 Å². The maximum atomic E-state index is 14.8. The number of pyridine rings is 8. The summed E-state index contributed by atoms with van der Waals surface area (Å²) in [5.74, 6) is 0.0940. The molecule has 13 heterocycles. The number of benzene rings is 1. The van der Waals surface area contributed by atoms with Gasteiger partial charge in [0.15, 0.2) is 0 Å². The van der Waals surface area contributed by atoms with Crippen LogP contribution in [0.25, 0.3) is 73.6 Å². The lowest BCUT2D eigenvalue weighted by Crippen LogP contribution is -2.40. The van der Waals surface area contributed by atoms with Gasteiger partial charge in [-0.1, -0.05) is 57.1 Å². The van der Waals surface area contributed by atoms with E-state index in [0.717, 1.165) is 157 Å². The Morgan fingerprint density at radius 2 is 0.968 bits per heavy atom. The smallest absolute Gasteiger partial charge is 0.410 e. The molecular formula is C73H77Cl3FN15O3. The van der Waals surface area contributed by atoms with E-state index in [-0.39, 0.29) is 12.7 Å². The van der Waals surface area contributed by atoms with Gasteiger partial charge < -0.3 is 35.2 Å². The molecule has 10 aromatic rings. The number of hydrogen-bond acceptors (Lipinski definition) is 16. The van der Waals surface area contributed by atoms with Gasteiger partial charge in [0.25, 0.3) is 0 Å². The molecule has 1 aromatic carbocycles. The summed E-state index contributed by atoms with van der Waals surface area (Å²) in [6.45, 7) is 13.4. The van der Waals surface area contributed by atoms with Crippen LogP contribution in [0.4, 0.5) is 20.7 Å². The van der Waals surface area contributed by atoms with Crippen molar-refractivity contribution in [2.75, 3.05) is 71.8 Å². The van der Waals surface area contributed by atoms with Gasteiger partial charge in [-0.2, -0.15) is 5.10 Å². The van der Waals surface area contributed by atoms with Gasteiger partial charge in [0.1, 0.15) is 32.7 Å². The maximum Gasteiger partial charge on any atom is 0.410 e. The fraction of sp³-hybridized carbons (Fsp3) is 0.315. The van der Waals surface area contributed by atoms with Gasteiger partial charge in [-0.15, -0.1) is 0 Å². The Morgan fingerprint density at radius 3 is 1.38 bits per heavy atom. The van der Waals surface area contributed by atoms with Gasteiger partial charge in [0.2, 0.25) is 0 Å². The number of carbonyl (C=O) groups excluding carboxylic acids is 1. The molecule has 0 bridgehead atoms. The van der Waals surface area contributed by atoms with Crippen molar-refractivity contribution in [3.63, 3.8) is 0 Å². The van der Waals surface area contributed by atoms with Crippen LogP contribution in [0.1, 0.15) is 101 Å². The molecule has 95 heavy (non-hydrogen) atoms. The molecule has 4 fully saturated rings. The molecule has 0 atom stereocenters. The highest BCUT2D eigenvalue weighted by Gasteiger charge is 2.25. The van der Waals surface area contributed by atoms with Gasteiger partial charge in [-0.3, -0.25) is 0 Å². The number of aromatic nitrogens is 10. The quantitative estimate of drug-likeness (QED) is 0.121. The van der Waals surface area contributed by atoms with E-state index in [1.165, 1.54) is 33.0 Å². The summed E-state index contributed by atoms with van der Waals surface area (Å²) in [7, 11) is 4.31. The van der Waals surface area contributed by atoms with Crippen LogP contribution in [-0.2, 0) is 11.3 Å². The average Bonchev–Trinajstić information content (AvgIpc) is 2.23. The molecule has 0 saturated carbocycles. The largest absolute Gasteiger partial charge is 0.444 e. The van der Waals surface area contributed by atoms with Crippen molar-refractivity contribution >= 4 is 120 Å². The van der Waals surface area contributed by atoms with E-state index in [1.54, 1.807) is 66.2 Å². The van der Waals surface area contributed by atoms with Crippen LogP contribution in [-0.4, -0.2) is 148 Å². The summed E-state index contributed by atoms with van der Waals surface area (Å²) in [6.07, 6.45) is 25.4. The highest BCUT2D eigenvalue weighted by Crippen LogP contribution is 2.28. The minimum Gasteiger partial charge on any atom is -0.444 e. The number of fused-ring (bicyclic) bond motifs is 4. The topological polar surface area (TPSA) is 201 Å². The number of nitrogens with zero attached hydrogens (tertiary/aromatic N) is 13. The first kappa shape index (κ1) is 67.7. The molecular weight excluding hydrogens is 1260 g/mol. The second kappa shape index (κ2) is 31.7. The normalized spacial score (nSPS) is 15.5. The highest BCUT2D eigenvalue weighted by atomic mass is 35.5. The molecule has 0 radical (unpaired) electrons. The number of piperidine rings is 4. The van der Waals surface area contributed by atoms with Crippen LogP contribution in [0.3, 0.4) is 0 Å². The van der Waals surface area contributed by atoms with E-state index >= 15 is 0 Å². The average molecular weight is 1340 g/mol. The molecule has 0 spiro atoms. The second-order valence-corrected chi connectivity index (χ2v) is 26.2. The molecule has 4 aliphatic heterocycles. The highest BCUT2D eigenvalue weighted by molar-refractivity contribution is 6.30. The predicted octanol–water partition coefficient (Wildman–Crippen LogP) is 15.4. The Kier molecular flexibility index (Phi) is 22.6. The fourth-order valence-corrected chi connectivity index (χ4v) is 11.7.